The van der Waals surface area contributed by atoms with Gasteiger partial charge in [-0.25, -0.2) is 4.39 Å². The van der Waals surface area contributed by atoms with Gasteiger partial charge in [0.25, 0.3) is 0 Å². The maximum Gasteiger partial charge on any atom is 0.324 e. The van der Waals surface area contributed by atoms with E-state index in [1.54, 1.807) is 22.6 Å². The highest BCUT2D eigenvalue weighted by molar-refractivity contribution is 14.1. The molecular formula is C20H26FIO6. The summed E-state index contributed by atoms with van der Waals surface area (Å²) in [5.41, 5.74) is -0.500. The van der Waals surface area contributed by atoms with E-state index < -0.39 is 51.7 Å². The zero-order valence-electron chi connectivity index (χ0n) is 16.1. The third-order valence-electron chi connectivity index (χ3n) is 7.00. The zero-order chi connectivity index (χ0) is 20.3. The Kier molecular flexibility index (Phi) is 5.15. The summed E-state index contributed by atoms with van der Waals surface area (Å²) < 4.78 is 28.9. The third-order valence-corrected chi connectivity index (χ3v) is 7.72. The molecule has 0 aromatic heterocycles. The van der Waals surface area contributed by atoms with Gasteiger partial charge in [-0.3, -0.25) is 14.4 Å². The number of hydrogen-bond acceptors (Lipinski definition) is 6. The Bertz CT molecular complexity index is 688. The predicted molar refractivity (Wildman–Crippen MR) is 104 cm³/mol. The van der Waals surface area contributed by atoms with E-state index in [9.17, 15) is 18.8 Å². The van der Waals surface area contributed by atoms with Crippen LogP contribution >= 0.6 is 22.6 Å². The van der Waals surface area contributed by atoms with Gasteiger partial charge < -0.3 is 14.2 Å². The van der Waals surface area contributed by atoms with Crippen molar-refractivity contribution in [1.82, 2.24) is 0 Å². The van der Waals surface area contributed by atoms with Crippen LogP contribution in [0.5, 0.6) is 0 Å². The summed E-state index contributed by atoms with van der Waals surface area (Å²) in [6, 6.07) is 0. The number of halogens is 2. The highest BCUT2D eigenvalue weighted by Gasteiger charge is 2.70. The molecule has 7 atom stereocenters. The Balaban J connectivity index is 1.53. The molecule has 2 bridgehead atoms. The smallest absolute Gasteiger partial charge is 0.324 e. The van der Waals surface area contributed by atoms with Crippen molar-refractivity contribution in [2.24, 2.45) is 23.7 Å². The van der Waals surface area contributed by atoms with Crippen LogP contribution in [-0.4, -0.2) is 45.8 Å². The van der Waals surface area contributed by atoms with Crippen LogP contribution in [0.3, 0.4) is 0 Å². The molecule has 3 aliphatic carbocycles. The van der Waals surface area contributed by atoms with Gasteiger partial charge in [-0.15, -0.1) is 0 Å². The van der Waals surface area contributed by atoms with Crippen molar-refractivity contribution >= 4 is 40.5 Å². The maximum absolute atomic E-state index is 13.2. The molecule has 1 aliphatic heterocycles. The first-order valence-corrected chi connectivity index (χ1v) is 11.1. The molecule has 3 saturated carbocycles. The van der Waals surface area contributed by atoms with Gasteiger partial charge in [0.05, 0.1) is 11.8 Å². The number of fused-ring (bicyclic) bond motifs is 1. The van der Waals surface area contributed by atoms with Crippen molar-refractivity contribution in [3.05, 3.63) is 0 Å². The molecule has 0 aromatic rings. The van der Waals surface area contributed by atoms with Gasteiger partial charge in [0.15, 0.2) is 0 Å². The van der Waals surface area contributed by atoms with E-state index in [-0.39, 0.29) is 17.8 Å². The minimum atomic E-state index is -1.30. The highest BCUT2D eigenvalue weighted by atomic mass is 127. The van der Waals surface area contributed by atoms with E-state index in [2.05, 4.69) is 0 Å². The van der Waals surface area contributed by atoms with Crippen LogP contribution in [0.15, 0.2) is 0 Å². The Morgan fingerprint density at radius 2 is 1.96 bits per heavy atom. The third kappa shape index (κ3) is 3.23. The first-order valence-electron chi connectivity index (χ1n) is 10.1. The first-order chi connectivity index (χ1) is 13.2. The van der Waals surface area contributed by atoms with E-state index in [1.807, 2.05) is 6.92 Å². The van der Waals surface area contributed by atoms with Crippen LogP contribution in [0.25, 0.3) is 0 Å². The lowest BCUT2D eigenvalue weighted by molar-refractivity contribution is -0.176. The fourth-order valence-electron chi connectivity index (χ4n) is 5.48. The van der Waals surface area contributed by atoms with Crippen molar-refractivity contribution in [3.63, 3.8) is 0 Å². The summed E-state index contributed by atoms with van der Waals surface area (Å²) in [5, 5.41) is 0. The van der Waals surface area contributed by atoms with Crippen LogP contribution in [0.2, 0.25) is 0 Å². The summed E-state index contributed by atoms with van der Waals surface area (Å²) in [6.07, 6.45) is 4.16. The molecule has 6 nitrogen and oxygen atoms in total. The Labute approximate surface area is 177 Å². The van der Waals surface area contributed by atoms with Crippen molar-refractivity contribution in [2.75, 3.05) is 6.67 Å². The Morgan fingerprint density at radius 3 is 2.61 bits per heavy atom. The van der Waals surface area contributed by atoms with Gasteiger partial charge >= 0.3 is 17.9 Å². The number of ether oxygens (including phenoxy) is 3. The number of esters is 3. The fourth-order valence-corrected chi connectivity index (χ4v) is 5.61. The molecule has 156 valence electrons. The number of alkyl halides is 2. The lowest BCUT2D eigenvalue weighted by Crippen LogP contribution is -2.47. The molecule has 4 aliphatic rings. The molecular weight excluding hydrogens is 482 g/mol. The van der Waals surface area contributed by atoms with E-state index in [0.29, 0.717) is 6.42 Å². The van der Waals surface area contributed by atoms with Crippen molar-refractivity contribution in [3.8, 4) is 0 Å². The second-order valence-corrected chi connectivity index (χ2v) is 11.5. The van der Waals surface area contributed by atoms with Crippen LogP contribution < -0.4 is 0 Å². The van der Waals surface area contributed by atoms with E-state index in [4.69, 9.17) is 14.2 Å². The topological polar surface area (TPSA) is 78.9 Å². The number of carbonyl (C=O) groups excluding carboxylic acids is 3. The molecule has 1 heterocycles. The van der Waals surface area contributed by atoms with Gasteiger partial charge in [0.2, 0.25) is 0 Å². The Morgan fingerprint density at radius 1 is 1.29 bits per heavy atom. The van der Waals surface area contributed by atoms with Crippen molar-refractivity contribution in [1.29, 1.82) is 0 Å². The number of rotatable bonds is 5. The molecule has 7 unspecified atom stereocenters. The van der Waals surface area contributed by atoms with Gasteiger partial charge in [0.1, 0.15) is 27.9 Å². The summed E-state index contributed by atoms with van der Waals surface area (Å²) >= 11 is 1.72. The summed E-state index contributed by atoms with van der Waals surface area (Å²) in [4.78, 5) is 37.9. The minimum Gasteiger partial charge on any atom is -0.459 e. The Hall–Kier alpha value is -0.930. The molecule has 4 fully saturated rings. The molecule has 0 spiro atoms. The molecule has 0 N–H and O–H groups in total. The SMILES string of the molecule is CC1(OC(=O)C2C3CC4C(OC(=O)C42)C3OC(=O)C(C)(I)CF)CCCCC1. The van der Waals surface area contributed by atoms with Gasteiger partial charge in [0, 0.05) is 11.8 Å². The van der Waals surface area contributed by atoms with Crippen molar-refractivity contribution < 1.29 is 33.0 Å². The molecule has 4 rings (SSSR count). The van der Waals surface area contributed by atoms with E-state index in [1.165, 1.54) is 6.92 Å². The minimum absolute atomic E-state index is 0.141. The summed E-state index contributed by atoms with van der Waals surface area (Å²) in [6.45, 7) is 2.56. The lowest BCUT2D eigenvalue weighted by Gasteiger charge is -2.37. The molecule has 0 aromatic carbocycles. The van der Waals surface area contributed by atoms with Gasteiger partial charge in [-0.1, -0.05) is 29.0 Å². The van der Waals surface area contributed by atoms with Crippen LogP contribution in [0.4, 0.5) is 4.39 Å². The van der Waals surface area contributed by atoms with Crippen LogP contribution in [0, 0.1) is 23.7 Å². The van der Waals surface area contributed by atoms with E-state index >= 15 is 0 Å². The standard InChI is InChI=1S/C20H26FIO6/c1-19(6-4-3-5-7-19)28-17(24)13-11-8-10-12(13)16(23)26-14(10)15(11)27-18(25)20(2,22)9-21/h10-15H,3-9H2,1-2H3. The maximum atomic E-state index is 13.2. The highest BCUT2D eigenvalue weighted by Crippen LogP contribution is 2.59. The monoisotopic (exact) mass is 508 g/mol. The quantitative estimate of drug-likeness (QED) is 0.246. The second-order valence-electron chi connectivity index (χ2n) is 9.15. The van der Waals surface area contributed by atoms with Crippen molar-refractivity contribution in [2.45, 2.75) is 73.6 Å². The fraction of sp³-hybridized carbons (Fsp3) is 0.850. The number of hydrogen-bond donors (Lipinski definition) is 0. The average Bonchev–Trinajstić information content (AvgIpc) is 3.25. The number of carbonyl (C=O) groups is 3. The first kappa shape index (κ1) is 20.3. The second kappa shape index (κ2) is 7.09. The zero-order valence-corrected chi connectivity index (χ0v) is 18.3. The average molecular weight is 508 g/mol. The van der Waals surface area contributed by atoms with Gasteiger partial charge in [-0.2, -0.15) is 0 Å². The lowest BCUT2D eigenvalue weighted by atomic mass is 9.78. The molecule has 8 heteroatoms. The van der Waals surface area contributed by atoms with Crippen LogP contribution in [-0.2, 0) is 28.6 Å². The predicted octanol–water partition coefficient (Wildman–Crippen LogP) is 3.13. The largest absolute Gasteiger partial charge is 0.459 e. The summed E-state index contributed by atoms with van der Waals surface area (Å²) in [5.74, 6) is -3.10. The van der Waals surface area contributed by atoms with E-state index in [0.717, 1.165) is 32.1 Å². The molecule has 0 radical (unpaired) electrons. The molecule has 28 heavy (non-hydrogen) atoms. The normalized spacial score (nSPS) is 39.9. The van der Waals surface area contributed by atoms with Crippen LogP contribution in [0.1, 0.15) is 52.4 Å². The van der Waals surface area contributed by atoms with Gasteiger partial charge in [-0.05, 0) is 46.0 Å². The summed E-state index contributed by atoms with van der Waals surface area (Å²) in [7, 11) is 0. The molecule has 0 amide bonds. The molecule has 1 saturated heterocycles.